The number of piperidine rings is 1. The van der Waals surface area contributed by atoms with Crippen molar-refractivity contribution in [3.8, 4) is 0 Å². The Kier molecular flexibility index (Phi) is 5.23. The lowest BCUT2D eigenvalue weighted by Gasteiger charge is -2.35. The quantitative estimate of drug-likeness (QED) is 0.649. The van der Waals surface area contributed by atoms with E-state index in [0.29, 0.717) is 17.7 Å². The van der Waals surface area contributed by atoms with E-state index in [1.54, 1.807) is 0 Å². The van der Waals surface area contributed by atoms with Gasteiger partial charge in [-0.05, 0) is 87.5 Å². The van der Waals surface area contributed by atoms with Gasteiger partial charge in [-0.2, -0.15) is 0 Å². The number of benzene rings is 2. The van der Waals surface area contributed by atoms with Crippen molar-refractivity contribution in [2.45, 2.75) is 45.6 Å². The predicted molar refractivity (Wildman–Crippen MR) is 116 cm³/mol. The van der Waals surface area contributed by atoms with Gasteiger partial charge in [-0.15, -0.1) is 0 Å². The zero-order chi connectivity index (χ0) is 19.7. The Labute approximate surface area is 166 Å². The first kappa shape index (κ1) is 18.8. The number of rotatable bonds is 4. The van der Waals surface area contributed by atoms with Crippen LogP contribution in [-0.4, -0.2) is 34.9 Å². The molecule has 1 atom stereocenters. The standard InChI is InChI=1S/C24H29N3O/c1-16(2)27-11-5-7-19(15-27)18-9-10-22-20(13-18)14-23(26-22)24(28)25-21-8-4-6-17(3)12-21/h4,6,8-10,12-14,16,19,26H,5,7,11,15H2,1-3H3,(H,25,28). The second-order valence-corrected chi connectivity index (χ2v) is 8.28. The van der Waals surface area contributed by atoms with Gasteiger partial charge in [0.05, 0.1) is 0 Å². The van der Waals surface area contributed by atoms with Crippen molar-refractivity contribution in [3.05, 3.63) is 65.4 Å². The highest BCUT2D eigenvalue weighted by Gasteiger charge is 2.23. The number of carbonyl (C=O) groups is 1. The Morgan fingerprint density at radius 2 is 2.04 bits per heavy atom. The molecule has 1 saturated heterocycles. The molecule has 146 valence electrons. The fourth-order valence-electron chi connectivity index (χ4n) is 4.20. The third kappa shape index (κ3) is 3.97. The Morgan fingerprint density at radius 1 is 1.18 bits per heavy atom. The topological polar surface area (TPSA) is 48.1 Å². The number of nitrogens with one attached hydrogen (secondary N) is 2. The molecular weight excluding hydrogens is 346 g/mol. The molecule has 1 aliphatic heterocycles. The van der Waals surface area contributed by atoms with E-state index in [9.17, 15) is 4.79 Å². The first-order valence-corrected chi connectivity index (χ1v) is 10.2. The van der Waals surface area contributed by atoms with Crippen LogP contribution < -0.4 is 5.32 Å². The second kappa shape index (κ2) is 7.80. The number of hydrogen-bond donors (Lipinski definition) is 2. The smallest absolute Gasteiger partial charge is 0.272 e. The Hall–Kier alpha value is -2.59. The van der Waals surface area contributed by atoms with E-state index in [-0.39, 0.29) is 5.91 Å². The fourth-order valence-corrected chi connectivity index (χ4v) is 4.20. The molecule has 2 N–H and O–H groups in total. The minimum atomic E-state index is -0.105. The monoisotopic (exact) mass is 375 g/mol. The van der Waals surface area contributed by atoms with E-state index in [0.717, 1.165) is 28.7 Å². The maximum atomic E-state index is 12.7. The summed E-state index contributed by atoms with van der Waals surface area (Å²) in [5, 5.41) is 4.08. The summed E-state index contributed by atoms with van der Waals surface area (Å²) >= 11 is 0. The average molecular weight is 376 g/mol. The normalized spacial score (nSPS) is 17.9. The molecule has 1 fully saturated rings. The number of aromatic amines is 1. The lowest BCUT2D eigenvalue weighted by molar-refractivity contribution is 0.102. The first-order valence-electron chi connectivity index (χ1n) is 10.2. The number of aromatic nitrogens is 1. The molecule has 4 heteroatoms. The summed E-state index contributed by atoms with van der Waals surface area (Å²) in [7, 11) is 0. The molecule has 0 spiro atoms. The Bertz CT molecular complexity index is 988. The summed E-state index contributed by atoms with van der Waals surface area (Å²) in [5.74, 6) is 0.465. The summed E-state index contributed by atoms with van der Waals surface area (Å²) in [6.07, 6.45) is 2.48. The van der Waals surface area contributed by atoms with E-state index in [1.807, 2.05) is 37.3 Å². The van der Waals surface area contributed by atoms with Crippen LogP contribution in [0.4, 0.5) is 5.69 Å². The summed E-state index contributed by atoms with van der Waals surface area (Å²) in [6.45, 7) is 8.89. The molecule has 1 aliphatic rings. The number of aryl methyl sites for hydroxylation is 1. The maximum Gasteiger partial charge on any atom is 0.272 e. The number of fused-ring (bicyclic) bond motifs is 1. The molecule has 4 rings (SSSR count). The van der Waals surface area contributed by atoms with E-state index in [2.05, 4.69) is 47.2 Å². The fraction of sp³-hybridized carbons (Fsp3) is 0.375. The van der Waals surface area contributed by atoms with Gasteiger partial charge in [-0.3, -0.25) is 4.79 Å². The van der Waals surface area contributed by atoms with Crippen LogP contribution >= 0.6 is 0 Å². The number of anilines is 1. The van der Waals surface area contributed by atoms with Crippen LogP contribution in [0.3, 0.4) is 0 Å². The van der Waals surface area contributed by atoms with Crippen LogP contribution in [0.2, 0.25) is 0 Å². The van der Waals surface area contributed by atoms with E-state index < -0.39 is 0 Å². The molecule has 1 aromatic heterocycles. The number of likely N-dealkylation sites (tertiary alicyclic amines) is 1. The minimum Gasteiger partial charge on any atom is -0.351 e. The van der Waals surface area contributed by atoms with E-state index in [4.69, 9.17) is 0 Å². The molecule has 3 aromatic rings. The van der Waals surface area contributed by atoms with Crippen LogP contribution in [0, 0.1) is 6.92 Å². The summed E-state index contributed by atoms with van der Waals surface area (Å²) in [4.78, 5) is 18.5. The summed E-state index contributed by atoms with van der Waals surface area (Å²) < 4.78 is 0. The van der Waals surface area contributed by atoms with Gasteiger partial charge in [-0.1, -0.05) is 18.2 Å². The van der Waals surface area contributed by atoms with Gasteiger partial charge in [-0.25, -0.2) is 0 Å². The molecular formula is C24H29N3O. The molecule has 0 radical (unpaired) electrons. The van der Waals surface area contributed by atoms with Crippen LogP contribution in [-0.2, 0) is 0 Å². The van der Waals surface area contributed by atoms with Crippen molar-refractivity contribution in [2.75, 3.05) is 18.4 Å². The first-order chi connectivity index (χ1) is 13.5. The van der Waals surface area contributed by atoms with E-state index >= 15 is 0 Å². The van der Waals surface area contributed by atoms with Crippen molar-refractivity contribution >= 4 is 22.5 Å². The van der Waals surface area contributed by atoms with Crippen LogP contribution in [0.1, 0.15) is 54.2 Å². The highest BCUT2D eigenvalue weighted by Crippen LogP contribution is 2.30. The molecule has 2 heterocycles. The Balaban J connectivity index is 1.54. The molecule has 1 unspecified atom stereocenters. The van der Waals surface area contributed by atoms with Gasteiger partial charge in [0.2, 0.25) is 0 Å². The summed E-state index contributed by atoms with van der Waals surface area (Å²) in [5.41, 5.74) is 4.93. The van der Waals surface area contributed by atoms with Crippen LogP contribution in [0.15, 0.2) is 48.5 Å². The van der Waals surface area contributed by atoms with Gasteiger partial charge >= 0.3 is 0 Å². The molecule has 0 saturated carbocycles. The van der Waals surface area contributed by atoms with Crippen LogP contribution in [0.25, 0.3) is 10.9 Å². The van der Waals surface area contributed by atoms with Gasteiger partial charge in [0, 0.05) is 29.2 Å². The number of nitrogens with zero attached hydrogens (tertiary/aromatic N) is 1. The SMILES string of the molecule is Cc1cccc(NC(=O)c2cc3cc(C4CCCN(C(C)C)C4)ccc3[nH]2)c1. The predicted octanol–water partition coefficient (Wildman–Crippen LogP) is 5.32. The highest BCUT2D eigenvalue weighted by atomic mass is 16.1. The minimum absolute atomic E-state index is 0.105. The third-order valence-electron chi connectivity index (χ3n) is 5.82. The maximum absolute atomic E-state index is 12.7. The Morgan fingerprint density at radius 3 is 2.82 bits per heavy atom. The molecule has 2 aromatic carbocycles. The van der Waals surface area contributed by atoms with Crippen molar-refractivity contribution in [3.63, 3.8) is 0 Å². The molecule has 28 heavy (non-hydrogen) atoms. The zero-order valence-electron chi connectivity index (χ0n) is 17.0. The zero-order valence-corrected chi connectivity index (χ0v) is 17.0. The molecule has 0 aliphatic carbocycles. The highest BCUT2D eigenvalue weighted by molar-refractivity contribution is 6.06. The van der Waals surface area contributed by atoms with Crippen molar-refractivity contribution in [2.24, 2.45) is 0 Å². The van der Waals surface area contributed by atoms with Gasteiger partial charge in [0.25, 0.3) is 5.91 Å². The largest absolute Gasteiger partial charge is 0.351 e. The number of H-pyrrole nitrogens is 1. The molecule has 0 bridgehead atoms. The summed E-state index contributed by atoms with van der Waals surface area (Å²) in [6, 6.07) is 17.0. The van der Waals surface area contributed by atoms with Crippen molar-refractivity contribution < 1.29 is 4.79 Å². The molecule has 1 amide bonds. The van der Waals surface area contributed by atoms with Gasteiger partial charge in [0.15, 0.2) is 0 Å². The van der Waals surface area contributed by atoms with Gasteiger partial charge in [0.1, 0.15) is 5.69 Å². The number of amides is 1. The average Bonchev–Trinajstić information content (AvgIpc) is 3.11. The van der Waals surface area contributed by atoms with Crippen LogP contribution in [0.5, 0.6) is 0 Å². The van der Waals surface area contributed by atoms with Gasteiger partial charge < -0.3 is 15.2 Å². The lowest BCUT2D eigenvalue weighted by atomic mass is 9.89. The second-order valence-electron chi connectivity index (χ2n) is 8.28. The van der Waals surface area contributed by atoms with Crippen molar-refractivity contribution in [1.82, 2.24) is 9.88 Å². The lowest BCUT2D eigenvalue weighted by Crippen LogP contribution is -2.39. The van der Waals surface area contributed by atoms with Crippen molar-refractivity contribution in [1.29, 1.82) is 0 Å². The third-order valence-corrected chi connectivity index (χ3v) is 5.82. The van der Waals surface area contributed by atoms with E-state index in [1.165, 1.54) is 24.9 Å². The number of carbonyl (C=O) groups excluding carboxylic acids is 1. The number of hydrogen-bond acceptors (Lipinski definition) is 2. The molecule has 4 nitrogen and oxygen atoms in total.